The van der Waals surface area contributed by atoms with Gasteiger partial charge in [0.25, 0.3) is 0 Å². The predicted molar refractivity (Wildman–Crippen MR) is 213 cm³/mol. The fourth-order valence-electron chi connectivity index (χ4n) is 1.86. The van der Waals surface area contributed by atoms with E-state index in [0.717, 1.165) is 25.7 Å². The molecule has 0 aliphatic carbocycles. The van der Waals surface area contributed by atoms with Crippen LogP contribution in [-0.4, -0.2) is 18.6 Å². The molecular weight excluding hydrogens is 538 g/mol. The second kappa shape index (κ2) is 97.4. The molecule has 3 rings (SSSR count). The Balaban J connectivity index is -0.0000000314. The van der Waals surface area contributed by atoms with E-state index in [1.807, 2.05) is 178 Å². The van der Waals surface area contributed by atoms with Crippen molar-refractivity contribution in [2.24, 2.45) is 5.73 Å². The topological polar surface area (TPSA) is 60.2 Å². The Morgan fingerprint density at radius 1 is 0.364 bits per heavy atom. The SMILES string of the molecule is C.C.C.C.CC.CC.CC.CC.CCCC(C)=O.CCCC(C)=O.CN.c1ccccc1.c1ccccc1.c1ccccc1. The van der Waals surface area contributed by atoms with Gasteiger partial charge in [0.1, 0.15) is 11.6 Å². The zero-order chi connectivity index (χ0) is 32.7. The van der Waals surface area contributed by atoms with Gasteiger partial charge >= 0.3 is 0 Å². The highest BCUT2D eigenvalue weighted by Crippen LogP contribution is 1.85. The van der Waals surface area contributed by atoms with Crippen LogP contribution in [0.5, 0.6) is 0 Å². The van der Waals surface area contributed by atoms with Gasteiger partial charge in [0, 0.05) is 12.8 Å². The van der Waals surface area contributed by atoms with Crippen molar-refractivity contribution in [2.45, 2.75) is 138 Å². The molecule has 0 saturated heterocycles. The van der Waals surface area contributed by atoms with Gasteiger partial charge in [-0.25, -0.2) is 0 Å². The van der Waals surface area contributed by atoms with Gasteiger partial charge in [0.15, 0.2) is 0 Å². The van der Waals surface area contributed by atoms with Gasteiger partial charge in [-0.05, 0) is 33.7 Å². The summed E-state index contributed by atoms with van der Waals surface area (Å²) in [5.41, 5.74) is 4.50. The van der Waals surface area contributed by atoms with E-state index in [1.54, 1.807) is 13.8 Å². The first kappa shape index (κ1) is 72.9. The third-order valence-corrected chi connectivity index (χ3v) is 3.20. The standard InChI is InChI=1S/3C6H6.2C5H10O.4C2H6.CH5N.4CH4/c3*1-2-4-6-5-3-1;2*1-3-4-5(2)6;5*1-2;;;;/h3*1-6H;2*3-4H2,1-2H3;4*1-2H3;2H2,1H3;4*1H4. The average molecular weight is 622 g/mol. The van der Waals surface area contributed by atoms with Crippen LogP contribution in [0.4, 0.5) is 0 Å². The van der Waals surface area contributed by atoms with Gasteiger partial charge in [-0.3, -0.25) is 0 Å². The molecule has 0 aliphatic heterocycles. The smallest absolute Gasteiger partial charge is 0.129 e. The maximum Gasteiger partial charge on any atom is 0.129 e. The molecule has 0 spiro atoms. The summed E-state index contributed by atoms with van der Waals surface area (Å²) in [5.74, 6) is 0.579. The fraction of sp³-hybridized carbons (Fsp3) is 0.512. The molecule has 0 heterocycles. The Morgan fingerprint density at radius 3 is 0.477 bits per heavy atom. The predicted octanol–water partition coefficient (Wildman–Crippen LogP) is 14.0. The third kappa shape index (κ3) is 128. The highest BCUT2D eigenvalue weighted by molar-refractivity contribution is 5.75. The molecule has 0 unspecified atom stereocenters. The Hall–Kier alpha value is -3.04. The van der Waals surface area contributed by atoms with E-state index in [9.17, 15) is 9.59 Å². The van der Waals surface area contributed by atoms with Crippen molar-refractivity contribution in [3.63, 3.8) is 0 Å². The van der Waals surface area contributed by atoms with Crippen molar-refractivity contribution in [1.29, 1.82) is 0 Å². The summed E-state index contributed by atoms with van der Waals surface area (Å²) in [6, 6.07) is 36.0. The summed E-state index contributed by atoms with van der Waals surface area (Å²) in [5, 5.41) is 0. The van der Waals surface area contributed by atoms with Crippen molar-refractivity contribution in [3.05, 3.63) is 109 Å². The minimum atomic E-state index is 0. The first-order valence-electron chi connectivity index (χ1n) is 15.1. The summed E-state index contributed by atoms with van der Waals surface area (Å²) in [4.78, 5) is 20.1. The van der Waals surface area contributed by atoms with Crippen LogP contribution in [0.1, 0.15) is 138 Å². The van der Waals surface area contributed by atoms with E-state index < -0.39 is 0 Å². The quantitative estimate of drug-likeness (QED) is 0.315. The number of carbonyl (C=O) groups excluding carboxylic acids is 2. The molecule has 264 valence electrons. The zero-order valence-electron chi connectivity index (χ0n) is 28.6. The molecule has 3 heteroatoms. The Bertz CT molecular complexity index is 517. The van der Waals surface area contributed by atoms with Crippen LogP contribution in [0.15, 0.2) is 109 Å². The van der Waals surface area contributed by atoms with Crippen molar-refractivity contribution in [3.8, 4) is 0 Å². The molecule has 0 aromatic heterocycles. The monoisotopic (exact) mass is 622 g/mol. The molecule has 0 saturated carbocycles. The molecule has 0 amide bonds. The van der Waals surface area contributed by atoms with Crippen molar-refractivity contribution in [2.75, 3.05) is 7.05 Å². The lowest BCUT2D eigenvalue weighted by molar-refractivity contribution is -0.117. The molecule has 0 atom stereocenters. The molecule has 0 fully saturated rings. The van der Waals surface area contributed by atoms with Gasteiger partial charge in [-0.15, -0.1) is 0 Å². The second-order valence-electron chi connectivity index (χ2n) is 6.37. The van der Waals surface area contributed by atoms with Crippen LogP contribution in [0.2, 0.25) is 0 Å². The average Bonchev–Trinajstić information content (AvgIpc) is 3.06. The molecule has 44 heavy (non-hydrogen) atoms. The van der Waals surface area contributed by atoms with Crippen molar-refractivity contribution in [1.82, 2.24) is 0 Å². The molecule has 3 aromatic carbocycles. The van der Waals surface area contributed by atoms with E-state index in [2.05, 4.69) is 5.73 Å². The summed E-state index contributed by atoms with van der Waals surface area (Å²) in [6.45, 7) is 23.2. The molecule has 2 N–H and O–H groups in total. The Kier molecular flexibility index (Phi) is 161. The van der Waals surface area contributed by atoms with Gasteiger partial charge in [-0.2, -0.15) is 0 Å². The van der Waals surface area contributed by atoms with Crippen molar-refractivity contribution >= 4 is 11.6 Å². The minimum Gasteiger partial charge on any atom is -0.333 e. The minimum absolute atomic E-state index is 0. The Morgan fingerprint density at radius 2 is 0.455 bits per heavy atom. The number of hydrogen-bond donors (Lipinski definition) is 1. The van der Waals surface area contributed by atoms with Crippen LogP contribution in [0.3, 0.4) is 0 Å². The summed E-state index contributed by atoms with van der Waals surface area (Å²) >= 11 is 0. The zero-order valence-corrected chi connectivity index (χ0v) is 28.6. The van der Waals surface area contributed by atoms with Gasteiger partial charge < -0.3 is 15.3 Å². The summed E-state index contributed by atoms with van der Waals surface area (Å²) in [7, 11) is 1.50. The van der Waals surface area contributed by atoms with Crippen LogP contribution < -0.4 is 5.73 Å². The first-order chi connectivity index (χ1) is 19.5. The number of hydrogen-bond acceptors (Lipinski definition) is 3. The summed E-state index contributed by atoms with van der Waals surface area (Å²) < 4.78 is 0. The highest BCUT2D eigenvalue weighted by Gasteiger charge is 1.84. The van der Waals surface area contributed by atoms with E-state index in [-0.39, 0.29) is 41.3 Å². The van der Waals surface area contributed by atoms with Crippen LogP contribution >= 0.6 is 0 Å². The normalized spacial score (nSPS) is 6.23. The van der Waals surface area contributed by atoms with Gasteiger partial charge in [-0.1, -0.05) is 208 Å². The third-order valence-electron chi connectivity index (χ3n) is 3.20. The van der Waals surface area contributed by atoms with E-state index in [4.69, 9.17) is 0 Å². The molecule has 3 aromatic rings. The molecule has 0 radical (unpaired) electrons. The van der Waals surface area contributed by atoms with Crippen LogP contribution in [-0.2, 0) is 9.59 Å². The number of rotatable bonds is 4. The first-order valence-corrected chi connectivity index (χ1v) is 15.1. The highest BCUT2D eigenvalue weighted by atomic mass is 16.1. The lowest BCUT2D eigenvalue weighted by Gasteiger charge is -1.80. The molecule has 0 aliphatic rings. The molecular formula is C41H83NO2. The van der Waals surface area contributed by atoms with Crippen LogP contribution in [0, 0.1) is 0 Å². The second-order valence-corrected chi connectivity index (χ2v) is 6.37. The van der Waals surface area contributed by atoms with Gasteiger partial charge in [0.2, 0.25) is 0 Å². The lowest BCUT2D eigenvalue weighted by Crippen LogP contribution is -1.84. The van der Waals surface area contributed by atoms with Crippen molar-refractivity contribution < 1.29 is 9.59 Å². The van der Waals surface area contributed by atoms with E-state index >= 15 is 0 Å². The van der Waals surface area contributed by atoms with E-state index in [1.165, 1.54) is 7.05 Å². The number of Topliss-reactive ketones (excluding diaryl/α,β-unsaturated/α-hetero) is 2. The Labute approximate surface area is 281 Å². The number of nitrogens with two attached hydrogens (primary N) is 1. The van der Waals surface area contributed by atoms with Gasteiger partial charge in [0.05, 0.1) is 0 Å². The maximum absolute atomic E-state index is 10.0. The number of carbonyl (C=O) groups is 2. The molecule has 0 bridgehead atoms. The van der Waals surface area contributed by atoms with Crippen LogP contribution in [0.25, 0.3) is 0 Å². The summed E-state index contributed by atoms with van der Waals surface area (Å²) in [6.07, 6.45) is 3.44. The largest absolute Gasteiger partial charge is 0.333 e. The number of ketones is 2. The maximum atomic E-state index is 10.0. The van der Waals surface area contributed by atoms with E-state index in [0.29, 0.717) is 0 Å². The molecule has 3 nitrogen and oxygen atoms in total. The number of benzene rings is 3. The fourth-order valence-corrected chi connectivity index (χ4v) is 1.86. The lowest BCUT2D eigenvalue weighted by atomic mass is 10.3.